The zero-order valence-electron chi connectivity index (χ0n) is 15.4. The van der Waals surface area contributed by atoms with E-state index in [0.717, 1.165) is 5.56 Å². The monoisotopic (exact) mass is 366 g/mol. The molecule has 6 nitrogen and oxygen atoms in total. The Morgan fingerprint density at radius 3 is 2.70 bits per heavy atom. The van der Waals surface area contributed by atoms with Gasteiger partial charge in [-0.25, -0.2) is 0 Å². The summed E-state index contributed by atoms with van der Waals surface area (Å²) in [5.41, 5.74) is 1.46. The van der Waals surface area contributed by atoms with Gasteiger partial charge in [-0.15, -0.1) is 0 Å². The Labute approximate surface area is 158 Å². The van der Waals surface area contributed by atoms with E-state index in [1.165, 1.54) is 0 Å². The van der Waals surface area contributed by atoms with Gasteiger partial charge < -0.3 is 18.8 Å². The topological polar surface area (TPSA) is 64.8 Å². The van der Waals surface area contributed by atoms with Gasteiger partial charge in [0.25, 0.3) is 5.91 Å². The van der Waals surface area contributed by atoms with Crippen LogP contribution in [0.25, 0.3) is 0 Å². The second-order valence-corrected chi connectivity index (χ2v) is 5.90. The van der Waals surface area contributed by atoms with Crippen molar-refractivity contribution in [3.05, 3.63) is 78.0 Å². The first-order valence-corrected chi connectivity index (χ1v) is 8.72. The van der Waals surface area contributed by atoms with E-state index in [-0.39, 0.29) is 5.91 Å². The number of carbonyl (C=O) groups excluding carboxylic acids is 1. The lowest BCUT2D eigenvalue weighted by atomic mass is 10.1. The minimum Gasteiger partial charge on any atom is -0.493 e. The molecule has 0 fully saturated rings. The van der Waals surface area contributed by atoms with Crippen LogP contribution in [0.5, 0.6) is 11.5 Å². The van der Waals surface area contributed by atoms with Crippen molar-refractivity contribution >= 4 is 5.91 Å². The number of pyridine rings is 1. The Balaban J connectivity index is 1.87. The third kappa shape index (κ3) is 4.67. The Bertz CT molecular complexity index is 863. The molecule has 2 aromatic heterocycles. The lowest BCUT2D eigenvalue weighted by Gasteiger charge is -2.22. The molecule has 0 saturated heterocycles. The van der Waals surface area contributed by atoms with Crippen LogP contribution in [0.15, 0.2) is 65.5 Å². The highest BCUT2D eigenvalue weighted by Gasteiger charge is 2.20. The average Bonchev–Trinajstić information content (AvgIpc) is 3.21. The molecule has 1 amide bonds. The van der Waals surface area contributed by atoms with Gasteiger partial charge in [-0.2, -0.15) is 0 Å². The smallest absolute Gasteiger partial charge is 0.254 e. The molecule has 0 saturated carbocycles. The number of methoxy groups -OCH3 is 1. The molecule has 0 bridgehead atoms. The number of aromatic nitrogens is 1. The Hall–Kier alpha value is -3.28. The lowest BCUT2D eigenvalue weighted by Crippen LogP contribution is -2.30. The molecule has 1 aromatic carbocycles. The van der Waals surface area contributed by atoms with E-state index in [2.05, 4.69) is 4.98 Å². The fraction of sp³-hybridized carbons (Fsp3) is 0.238. The van der Waals surface area contributed by atoms with Crippen molar-refractivity contribution in [1.82, 2.24) is 9.88 Å². The standard InChI is InChI=1S/C21H22N2O4/c1-3-26-19-9-8-17(12-20(19)25-2)21(24)23(15-18-7-5-11-27-18)14-16-6-4-10-22-13-16/h4-13H,3,14-15H2,1-2H3. The number of nitrogens with zero attached hydrogens (tertiary/aromatic N) is 2. The summed E-state index contributed by atoms with van der Waals surface area (Å²) in [4.78, 5) is 19.0. The first-order chi connectivity index (χ1) is 13.2. The van der Waals surface area contributed by atoms with Crippen LogP contribution in [0.4, 0.5) is 0 Å². The lowest BCUT2D eigenvalue weighted by molar-refractivity contribution is 0.0717. The van der Waals surface area contributed by atoms with Crippen molar-refractivity contribution in [1.29, 1.82) is 0 Å². The highest BCUT2D eigenvalue weighted by Crippen LogP contribution is 2.29. The van der Waals surface area contributed by atoms with Gasteiger partial charge in [0, 0.05) is 24.5 Å². The summed E-state index contributed by atoms with van der Waals surface area (Å²) in [5.74, 6) is 1.73. The van der Waals surface area contributed by atoms with Gasteiger partial charge >= 0.3 is 0 Å². The maximum absolute atomic E-state index is 13.2. The van der Waals surface area contributed by atoms with E-state index in [1.807, 2.05) is 31.2 Å². The summed E-state index contributed by atoms with van der Waals surface area (Å²) in [6.07, 6.45) is 5.06. The maximum atomic E-state index is 13.2. The molecule has 0 unspecified atom stereocenters. The van der Waals surface area contributed by atoms with Gasteiger partial charge in [-0.1, -0.05) is 6.07 Å². The number of hydrogen-bond acceptors (Lipinski definition) is 5. The summed E-state index contributed by atoms with van der Waals surface area (Å²) in [7, 11) is 1.56. The molecule has 3 aromatic rings. The van der Waals surface area contributed by atoms with Gasteiger partial charge in [0.2, 0.25) is 0 Å². The van der Waals surface area contributed by atoms with Crippen molar-refractivity contribution in [3.8, 4) is 11.5 Å². The van der Waals surface area contributed by atoms with Gasteiger partial charge in [-0.3, -0.25) is 9.78 Å². The predicted molar refractivity (Wildman–Crippen MR) is 101 cm³/mol. The molecule has 2 heterocycles. The number of benzene rings is 1. The second-order valence-electron chi connectivity index (χ2n) is 5.90. The normalized spacial score (nSPS) is 10.4. The summed E-state index contributed by atoms with van der Waals surface area (Å²) in [6, 6.07) is 12.6. The Morgan fingerprint density at radius 2 is 2.04 bits per heavy atom. The van der Waals surface area contributed by atoms with Gasteiger partial charge in [0.1, 0.15) is 5.76 Å². The van der Waals surface area contributed by atoms with Crippen LogP contribution >= 0.6 is 0 Å². The number of hydrogen-bond donors (Lipinski definition) is 0. The molecule has 0 aliphatic rings. The fourth-order valence-corrected chi connectivity index (χ4v) is 2.76. The molecular weight excluding hydrogens is 344 g/mol. The predicted octanol–water partition coefficient (Wildman–Crippen LogP) is 3.92. The third-order valence-electron chi connectivity index (χ3n) is 4.02. The summed E-state index contributed by atoms with van der Waals surface area (Å²) < 4.78 is 16.3. The minimum atomic E-state index is -0.128. The molecule has 6 heteroatoms. The third-order valence-corrected chi connectivity index (χ3v) is 4.02. The van der Waals surface area contributed by atoms with E-state index >= 15 is 0 Å². The molecule has 0 N–H and O–H groups in total. The first-order valence-electron chi connectivity index (χ1n) is 8.72. The van der Waals surface area contributed by atoms with Crippen LogP contribution in [0.1, 0.15) is 28.6 Å². The number of amides is 1. The van der Waals surface area contributed by atoms with E-state index in [4.69, 9.17) is 13.9 Å². The molecule has 3 rings (SSSR count). The van der Waals surface area contributed by atoms with Crippen LogP contribution in [0.2, 0.25) is 0 Å². The van der Waals surface area contributed by atoms with E-state index in [1.54, 1.807) is 48.9 Å². The molecular formula is C21H22N2O4. The van der Waals surface area contributed by atoms with Crippen LogP contribution in [-0.4, -0.2) is 29.5 Å². The van der Waals surface area contributed by atoms with E-state index < -0.39 is 0 Å². The minimum absolute atomic E-state index is 0.128. The largest absolute Gasteiger partial charge is 0.493 e. The molecule has 0 aliphatic heterocycles. The Morgan fingerprint density at radius 1 is 1.15 bits per heavy atom. The quantitative estimate of drug-likeness (QED) is 0.604. The first kappa shape index (κ1) is 18.5. The summed E-state index contributed by atoms with van der Waals surface area (Å²) >= 11 is 0. The van der Waals surface area contributed by atoms with Crippen LogP contribution in [0, 0.1) is 0 Å². The van der Waals surface area contributed by atoms with Crippen molar-refractivity contribution in [2.75, 3.05) is 13.7 Å². The molecule has 0 radical (unpaired) electrons. The van der Waals surface area contributed by atoms with E-state index in [9.17, 15) is 4.79 Å². The molecule has 27 heavy (non-hydrogen) atoms. The Kier molecular flexibility index (Phi) is 6.10. The second kappa shape index (κ2) is 8.89. The average molecular weight is 366 g/mol. The fourth-order valence-electron chi connectivity index (χ4n) is 2.76. The highest BCUT2D eigenvalue weighted by atomic mass is 16.5. The van der Waals surface area contributed by atoms with Crippen molar-refractivity contribution in [3.63, 3.8) is 0 Å². The number of carbonyl (C=O) groups is 1. The summed E-state index contributed by atoms with van der Waals surface area (Å²) in [5, 5.41) is 0. The van der Waals surface area contributed by atoms with Crippen molar-refractivity contribution < 1.29 is 18.7 Å². The zero-order valence-corrected chi connectivity index (χ0v) is 15.4. The van der Waals surface area contributed by atoms with Gasteiger partial charge in [-0.05, 0) is 48.9 Å². The molecule has 0 atom stereocenters. The number of ether oxygens (including phenoxy) is 2. The molecule has 0 spiro atoms. The highest BCUT2D eigenvalue weighted by molar-refractivity contribution is 5.94. The zero-order chi connectivity index (χ0) is 19.1. The van der Waals surface area contributed by atoms with Gasteiger partial charge in [0.15, 0.2) is 11.5 Å². The number of furan rings is 1. The SMILES string of the molecule is CCOc1ccc(C(=O)N(Cc2cccnc2)Cc2ccco2)cc1OC. The van der Waals surface area contributed by atoms with Crippen LogP contribution in [0.3, 0.4) is 0 Å². The van der Waals surface area contributed by atoms with Crippen LogP contribution in [-0.2, 0) is 13.1 Å². The number of rotatable bonds is 8. The van der Waals surface area contributed by atoms with Crippen LogP contribution < -0.4 is 9.47 Å². The van der Waals surface area contributed by atoms with Gasteiger partial charge in [0.05, 0.1) is 26.5 Å². The van der Waals surface area contributed by atoms with E-state index in [0.29, 0.717) is 42.5 Å². The maximum Gasteiger partial charge on any atom is 0.254 e. The molecule has 140 valence electrons. The van der Waals surface area contributed by atoms with Crippen molar-refractivity contribution in [2.45, 2.75) is 20.0 Å². The molecule has 0 aliphatic carbocycles. The summed E-state index contributed by atoms with van der Waals surface area (Å²) in [6.45, 7) is 3.20. The van der Waals surface area contributed by atoms with Crippen molar-refractivity contribution in [2.24, 2.45) is 0 Å².